The minimum atomic E-state index is -0.480. The number of aromatic nitrogens is 2. The van der Waals surface area contributed by atoms with E-state index in [2.05, 4.69) is 71.9 Å². The Hall–Kier alpha value is -5.27. The van der Waals surface area contributed by atoms with Crippen molar-refractivity contribution in [1.82, 2.24) is 9.13 Å². The van der Waals surface area contributed by atoms with Gasteiger partial charge in [0, 0.05) is 17.8 Å². The maximum atomic E-state index is 14.1. The van der Waals surface area contributed by atoms with E-state index in [0.717, 1.165) is 22.9 Å². The summed E-state index contributed by atoms with van der Waals surface area (Å²) in [5.41, 5.74) is 7.48. The molecule has 0 radical (unpaired) electrons. The number of carbonyl (C=O) groups excluding carboxylic acids is 1. The minimum absolute atomic E-state index is 0.148. The highest BCUT2D eigenvalue weighted by Gasteiger charge is 2.30. The van der Waals surface area contributed by atoms with Gasteiger partial charge in [0.05, 0.1) is 18.2 Å². The van der Waals surface area contributed by atoms with E-state index < -0.39 is 12.0 Å². The van der Waals surface area contributed by atoms with Crippen molar-refractivity contribution in [3.05, 3.63) is 163 Å². The molecule has 0 amide bonds. The van der Waals surface area contributed by atoms with Crippen LogP contribution in [0.4, 0.5) is 0 Å². The molecule has 222 valence electrons. The summed E-state index contributed by atoms with van der Waals surface area (Å²) < 4.78 is 9.59. The molecule has 1 atom stereocenters. The predicted molar refractivity (Wildman–Crippen MR) is 180 cm³/mol. The van der Waals surface area contributed by atoms with E-state index in [1.807, 2.05) is 66.2 Å². The van der Waals surface area contributed by atoms with Gasteiger partial charge in [0.2, 0.25) is 0 Å². The highest BCUT2D eigenvalue weighted by Crippen LogP contribution is 2.30. The molecule has 7 heteroatoms. The maximum absolute atomic E-state index is 14.1. The summed E-state index contributed by atoms with van der Waals surface area (Å²) in [5, 5.41) is 1.14. The lowest BCUT2D eigenvalue weighted by Crippen LogP contribution is -2.38. The average Bonchev–Trinajstić information content (AvgIpc) is 3.58. The Balaban J connectivity index is 1.31. The van der Waals surface area contributed by atoms with Gasteiger partial charge in [-0.2, -0.15) is 0 Å². The number of benzene rings is 4. The fourth-order valence-corrected chi connectivity index (χ4v) is 7.02. The number of para-hydroxylation sites is 1. The number of rotatable bonds is 7. The number of esters is 1. The van der Waals surface area contributed by atoms with Crippen molar-refractivity contribution in [2.45, 2.75) is 26.3 Å². The highest BCUT2D eigenvalue weighted by molar-refractivity contribution is 7.07. The summed E-state index contributed by atoms with van der Waals surface area (Å²) in [6, 6.07) is 36.6. The molecule has 0 N–H and O–H groups in total. The lowest BCUT2D eigenvalue weighted by molar-refractivity contribution is -0.138. The van der Waals surface area contributed by atoms with Crippen LogP contribution in [0.15, 0.2) is 136 Å². The Kier molecular flexibility index (Phi) is 7.61. The number of hydrogen-bond donors (Lipinski definition) is 0. The summed E-state index contributed by atoms with van der Waals surface area (Å²) in [6.45, 7) is 3.87. The van der Waals surface area contributed by atoms with Crippen molar-refractivity contribution in [2.75, 3.05) is 6.61 Å². The first-order chi connectivity index (χ1) is 22.0. The molecule has 0 spiro atoms. The maximum Gasteiger partial charge on any atom is 0.357 e. The molecule has 1 aliphatic heterocycles. The number of allylic oxidation sites excluding steroid dienone is 1. The monoisotopic (exact) mass is 609 g/mol. The summed E-state index contributed by atoms with van der Waals surface area (Å²) in [5.74, 6) is -0.480. The number of thiazole rings is 1. The van der Waals surface area contributed by atoms with Gasteiger partial charge in [0.15, 0.2) is 10.5 Å². The summed E-state index contributed by atoms with van der Waals surface area (Å²) >= 11 is 1.28. The van der Waals surface area contributed by atoms with E-state index in [4.69, 9.17) is 4.74 Å². The zero-order chi connectivity index (χ0) is 30.9. The number of ether oxygens (including phenoxy) is 1. The van der Waals surface area contributed by atoms with Crippen LogP contribution in [0.1, 0.15) is 36.6 Å². The lowest BCUT2D eigenvalue weighted by Gasteiger charge is -2.24. The van der Waals surface area contributed by atoms with Crippen LogP contribution < -0.4 is 14.9 Å². The summed E-state index contributed by atoms with van der Waals surface area (Å²) in [7, 11) is 0. The standard InChI is InChI=1S/C38H31N3O3S/c1-3-44-37(43)34-25(2)35(29-14-8-5-9-15-29)41-36(42)33(45-38(41)39-34)24-40-23-30(31-16-10-11-17-32(31)40)22-26-18-20-28(21-19-26)27-12-6-4-7-13-27/h4-21,23-24,35H,3,22H2,1-2H3/b33-24+. The van der Waals surface area contributed by atoms with Crippen LogP contribution in [-0.4, -0.2) is 21.7 Å². The molecule has 1 unspecified atom stereocenters. The second-order valence-corrected chi connectivity index (χ2v) is 12.1. The molecule has 1 aliphatic rings. The lowest BCUT2D eigenvalue weighted by atomic mass is 9.97. The molecule has 6 aromatic rings. The van der Waals surface area contributed by atoms with E-state index >= 15 is 0 Å². The quantitative estimate of drug-likeness (QED) is 0.195. The van der Waals surface area contributed by atoms with Crippen LogP contribution in [0.25, 0.3) is 28.2 Å². The van der Waals surface area contributed by atoms with Crippen molar-refractivity contribution < 1.29 is 9.53 Å². The van der Waals surface area contributed by atoms with Gasteiger partial charge in [-0.15, -0.1) is 0 Å². The van der Waals surface area contributed by atoms with Crippen LogP contribution >= 0.6 is 11.3 Å². The van der Waals surface area contributed by atoms with Gasteiger partial charge in [-0.3, -0.25) is 9.36 Å². The molecule has 4 aromatic carbocycles. The van der Waals surface area contributed by atoms with E-state index in [9.17, 15) is 9.59 Å². The fourth-order valence-electron chi connectivity index (χ4n) is 6.05. The second kappa shape index (κ2) is 12.0. The molecule has 6 nitrogen and oxygen atoms in total. The van der Waals surface area contributed by atoms with E-state index in [1.54, 1.807) is 11.5 Å². The zero-order valence-corrected chi connectivity index (χ0v) is 25.8. The molecular weight excluding hydrogens is 579 g/mol. The number of fused-ring (bicyclic) bond motifs is 2. The van der Waals surface area contributed by atoms with E-state index in [0.29, 0.717) is 14.9 Å². The van der Waals surface area contributed by atoms with Crippen LogP contribution in [0, 0.1) is 0 Å². The smallest absolute Gasteiger partial charge is 0.357 e. The van der Waals surface area contributed by atoms with Gasteiger partial charge >= 0.3 is 5.97 Å². The van der Waals surface area contributed by atoms with Crippen LogP contribution in [0.5, 0.6) is 0 Å². The molecule has 0 saturated carbocycles. The third-order valence-corrected chi connectivity index (χ3v) is 9.18. The Bertz CT molecular complexity index is 2240. The van der Waals surface area contributed by atoms with Crippen LogP contribution in [-0.2, 0) is 16.0 Å². The van der Waals surface area contributed by atoms with Gasteiger partial charge in [-0.1, -0.05) is 114 Å². The normalized spacial score (nSPS) is 14.8. The number of hydrogen-bond acceptors (Lipinski definition) is 5. The average molecular weight is 610 g/mol. The Morgan fingerprint density at radius 2 is 1.56 bits per heavy atom. The third-order valence-electron chi connectivity index (χ3n) is 8.21. The minimum Gasteiger partial charge on any atom is -0.461 e. The zero-order valence-electron chi connectivity index (χ0n) is 25.0. The fraction of sp³-hybridized carbons (Fsp3) is 0.132. The highest BCUT2D eigenvalue weighted by atomic mass is 32.1. The molecular formula is C38H31N3O3S. The predicted octanol–water partition coefficient (Wildman–Crippen LogP) is 6.47. The van der Waals surface area contributed by atoms with Gasteiger partial charge in [-0.25, -0.2) is 9.79 Å². The van der Waals surface area contributed by atoms with E-state index in [1.165, 1.54) is 33.6 Å². The topological polar surface area (TPSA) is 65.6 Å². The number of nitrogens with zero attached hydrogens (tertiary/aromatic N) is 3. The van der Waals surface area contributed by atoms with Crippen LogP contribution in [0.2, 0.25) is 0 Å². The van der Waals surface area contributed by atoms with Crippen LogP contribution in [0.3, 0.4) is 0 Å². The molecule has 2 aromatic heterocycles. The van der Waals surface area contributed by atoms with Gasteiger partial charge in [-0.05, 0) is 59.7 Å². The van der Waals surface area contributed by atoms with Gasteiger partial charge in [0.25, 0.3) is 5.56 Å². The third kappa shape index (κ3) is 5.36. The largest absolute Gasteiger partial charge is 0.461 e. The first-order valence-electron chi connectivity index (χ1n) is 15.0. The molecule has 7 rings (SSSR count). The van der Waals surface area contributed by atoms with Crippen molar-refractivity contribution in [1.29, 1.82) is 0 Å². The second-order valence-electron chi connectivity index (χ2n) is 11.0. The molecule has 0 fully saturated rings. The van der Waals surface area contributed by atoms with E-state index in [-0.39, 0.29) is 17.9 Å². The molecule has 0 bridgehead atoms. The van der Waals surface area contributed by atoms with Gasteiger partial charge in [0.1, 0.15) is 4.53 Å². The molecule has 0 aliphatic carbocycles. The van der Waals surface area contributed by atoms with Gasteiger partial charge < -0.3 is 9.30 Å². The molecule has 3 heterocycles. The molecule has 45 heavy (non-hydrogen) atoms. The molecule has 0 saturated heterocycles. The van der Waals surface area contributed by atoms with Crippen molar-refractivity contribution >= 4 is 34.4 Å². The Morgan fingerprint density at radius 1 is 0.889 bits per heavy atom. The summed E-state index contributed by atoms with van der Waals surface area (Å²) in [4.78, 5) is 32.1. The SMILES string of the molecule is CCOC(=O)C1=C(C)C(c2ccccc2)n2c(s/c(=C/n3cc(Cc4ccc(-c5ccccc5)cc4)c4ccccc43)c2=O)=N1. The number of carbonyl (C=O) groups is 1. The first kappa shape index (κ1) is 28.5. The van der Waals surface area contributed by atoms with Crippen molar-refractivity contribution in [3.63, 3.8) is 0 Å². The Morgan fingerprint density at radius 3 is 2.29 bits per heavy atom. The first-order valence-corrected chi connectivity index (χ1v) is 15.8. The Labute approximate surface area is 264 Å². The van der Waals surface area contributed by atoms with Crippen molar-refractivity contribution in [3.8, 4) is 11.1 Å². The summed E-state index contributed by atoms with van der Waals surface area (Å²) in [6.07, 6.45) is 4.76. The van der Waals surface area contributed by atoms with Crippen molar-refractivity contribution in [2.24, 2.45) is 4.99 Å².